The van der Waals surface area contributed by atoms with Gasteiger partial charge in [-0.25, -0.2) is 4.79 Å². The molecule has 0 aromatic heterocycles. The number of hydrogen-bond donors (Lipinski definition) is 1. The van der Waals surface area contributed by atoms with E-state index >= 15 is 0 Å². The minimum absolute atomic E-state index is 0.162. The molecule has 80 valence electrons. The molecule has 0 amide bonds. The zero-order valence-electron chi connectivity index (χ0n) is 8.79. The van der Waals surface area contributed by atoms with Gasteiger partial charge in [0.2, 0.25) is 0 Å². The predicted molar refractivity (Wildman–Crippen MR) is 53.1 cm³/mol. The Hall–Kier alpha value is -1.91. The summed E-state index contributed by atoms with van der Waals surface area (Å²) >= 11 is 0. The third kappa shape index (κ3) is 2.12. The maximum Gasteiger partial charge on any atom is 0.344 e. The van der Waals surface area contributed by atoms with Gasteiger partial charge in [0.1, 0.15) is 11.3 Å². The summed E-state index contributed by atoms with van der Waals surface area (Å²) in [7, 11) is 2.75. The molecule has 0 heterocycles. The molecule has 1 aromatic carbocycles. The summed E-state index contributed by atoms with van der Waals surface area (Å²) < 4.78 is 9.59. The normalized spacial score (nSPS) is 9.53. The van der Waals surface area contributed by atoms with Crippen LogP contribution in [0.4, 0.5) is 5.69 Å². The Bertz CT molecular complexity index is 401. The number of carbonyl (C=O) groups excluding carboxylic acids is 1. The van der Waals surface area contributed by atoms with Crippen LogP contribution < -0.4 is 9.91 Å². The van der Waals surface area contributed by atoms with Gasteiger partial charge in [0.05, 0.1) is 14.2 Å². The van der Waals surface area contributed by atoms with Gasteiger partial charge in [-0.15, -0.1) is 0 Å². The number of ether oxygens (including phenoxy) is 2. The number of rotatable bonds is 3. The first-order valence-corrected chi connectivity index (χ1v) is 4.29. The highest BCUT2D eigenvalue weighted by atomic mass is 16.5. The number of carbonyl (C=O) groups is 1. The van der Waals surface area contributed by atoms with Crippen molar-refractivity contribution in [1.29, 1.82) is 0 Å². The number of aryl methyl sites for hydroxylation is 1. The van der Waals surface area contributed by atoms with Crippen molar-refractivity contribution in [3.05, 3.63) is 28.2 Å². The van der Waals surface area contributed by atoms with E-state index < -0.39 is 5.97 Å². The van der Waals surface area contributed by atoms with E-state index in [1.165, 1.54) is 26.4 Å². The first kappa shape index (κ1) is 11.2. The van der Waals surface area contributed by atoms with Gasteiger partial charge in [-0.2, -0.15) is 0 Å². The zero-order valence-corrected chi connectivity index (χ0v) is 8.79. The molecule has 0 unspecified atom stereocenters. The first-order chi connectivity index (χ1) is 7.13. The second kappa shape index (κ2) is 4.54. The standard InChI is InChI=1S/C10H11NO4/c1-6-4-8(11-13)7(10(12)15-3)5-9(6)14-2/h4-5H,1-3H3/p+1. The SMILES string of the molecule is COC(=O)c1cc(OC)c(C)cc1[NH+]=O. The Labute approximate surface area is 87.0 Å². The zero-order chi connectivity index (χ0) is 11.4. The van der Waals surface area contributed by atoms with Crippen molar-refractivity contribution in [1.82, 2.24) is 0 Å². The molecule has 0 saturated carbocycles. The van der Waals surface area contributed by atoms with Crippen LogP contribution in [0.25, 0.3) is 0 Å². The van der Waals surface area contributed by atoms with E-state index in [2.05, 4.69) is 4.74 Å². The lowest BCUT2D eigenvalue weighted by molar-refractivity contribution is -0.379. The minimum atomic E-state index is -0.577. The van der Waals surface area contributed by atoms with Crippen LogP contribution in [0.1, 0.15) is 15.9 Å². The second-order valence-corrected chi connectivity index (χ2v) is 2.96. The number of nitroso groups, excluding NO2 is 1. The molecular formula is C10H12NO4+. The van der Waals surface area contributed by atoms with Crippen LogP contribution in [0.2, 0.25) is 0 Å². The van der Waals surface area contributed by atoms with E-state index in [9.17, 15) is 9.70 Å². The molecule has 15 heavy (non-hydrogen) atoms. The van der Waals surface area contributed by atoms with Gasteiger partial charge < -0.3 is 9.47 Å². The van der Waals surface area contributed by atoms with Gasteiger partial charge in [0, 0.05) is 22.2 Å². The molecule has 0 aliphatic rings. The molecule has 0 aliphatic heterocycles. The number of benzene rings is 1. The number of methoxy groups -OCH3 is 2. The monoisotopic (exact) mass is 210 g/mol. The van der Waals surface area contributed by atoms with Gasteiger partial charge in [-0.05, 0) is 12.5 Å². The van der Waals surface area contributed by atoms with Crippen molar-refractivity contribution in [2.24, 2.45) is 0 Å². The Morgan fingerprint density at radius 1 is 1.33 bits per heavy atom. The average molecular weight is 210 g/mol. The molecule has 1 aromatic rings. The summed E-state index contributed by atoms with van der Waals surface area (Å²) in [5.74, 6) is -0.0407. The lowest BCUT2D eigenvalue weighted by Gasteiger charge is -2.05. The Morgan fingerprint density at radius 3 is 2.47 bits per heavy atom. The first-order valence-electron chi connectivity index (χ1n) is 4.29. The minimum Gasteiger partial charge on any atom is -0.496 e. The second-order valence-electron chi connectivity index (χ2n) is 2.96. The van der Waals surface area contributed by atoms with E-state index in [1.54, 1.807) is 12.1 Å². The molecule has 0 spiro atoms. The number of nitrogens with one attached hydrogen (secondary N) is 1. The molecule has 0 saturated heterocycles. The smallest absolute Gasteiger partial charge is 0.344 e. The van der Waals surface area contributed by atoms with E-state index in [0.29, 0.717) is 5.75 Å². The predicted octanol–water partition coefficient (Wildman–Crippen LogP) is 0.269. The van der Waals surface area contributed by atoms with E-state index in [4.69, 9.17) is 4.74 Å². The quantitative estimate of drug-likeness (QED) is 0.727. The van der Waals surface area contributed by atoms with Gasteiger partial charge in [0.25, 0.3) is 5.69 Å². The average Bonchev–Trinajstić information content (AvgIpc) is 2.27. The van der Waals surface area contributed by atoms with Crippen molar-refractivity contribution >= 4 is 11.7 Å². The molecule has 0 bridgehead atoms. The van der Waals surface area contributed by atoms with E-state index in [1.807, 2.05) is 0 Å². The van der Waals surface area contributed by atoms with Gasteiger partial charge in [-0.1, -0.05) is 0 Å². The molecule has 5 nitrogen and oxygen atoms in total. The summed E-state index contributed by atoms with van der Waals surface area (Å²) in [5.41, 5.74) is 1.11. The summed E-state index contributed by atoms with van der Waals surface area (Å²) in [6.07, 6.45) is 0. The van der Waals surface area contributed by atoms with Crippen LogP contribution in [-0.2, 0) is 4.74 Å². The van der Waals surface area contributed by atoms with Crippen molar-refractivity contribution < 1.29 is 19.4 Å². The Morgan fingerprint density at radius 2 is 2.00 bits per heavy atom. The highest BCUT2D eigenvalue weighted by Gasteiger charge is 2.19. The van der Waals surface area contributed by atoms with Crippen LogP contribution in [0, 0.1) is 11.8 Å². The molecular weight excluding hydrogens is 198 g/mol. The third-order valence-electron chi connectivity index (χ3n) is 2.05. The lowest BCUT2D eigenvalue weighted by Crippen LogP contribution is -2.56. The van der Waals surface area contributed by atoms with Gasteiger partial charge >= 0.3 is 5.97 Å². The van der Waals surface area contributed by atoms with Crippen molar-refractivity contribution in [3.8, 4) is 5.75 Å². The lowest BCUT2D eigenvalue weighted by atomic mass is 10.1. The molecule has 0 radical (unpaired) electrons. The molecule has 0 aliphatic carbocycles. The molecule has 0 fully saturated rings. The highest BCUT2D eigenvalue weighted by molar-refractivity contribution is 5.94. The summed E-state index contributed by atoms with van der Waals surface area (Å²) in [6, 6.07) is 3.01. The Kier molecular flexibility index (Phi) is 3.38. The van der Waals surface area contributed by atoms with Crippen molar-refractivity contribution in [3.63, 3.8) is 0 Å². The van der Waals surface area contributed by atoms with E-state index in [-0.39, 0.29) is 11.3 Å². The summed E-state index contributed by atoms with van der Waals surface area (Å²) in [5, 5.41) is 1.70. The van der Waals surface area contributed by atoms with Crippen LogP contribution in [0.5, 0.6) is 5.75 Å². The van der Waals surface area contributed by atoms with Crippen molar-refractivity contribution in [2.75, 3.05) is 14.2 Å². The van der Waals surface area contributed by atoms with Gasteiger partial charge in [-0.3, -0.25) is 0 Å². The fraction of sp³-hybridized carbons (Fsp3) is 0.300. The highest BCUT2D eigenvalue weighted by Crippen LogP contribution is 2.24. The topological polar surface area (TPSA) is 66.6 Å². The summed E-state index contributed by atoms with van der Waals surface area (Å²) in [6.45, 7) is 1.78. The Balaban J connectivity index is 3.34. The van der Waals surface area contributed by atoms with Crippen LogP contribution in [-0.4, -0.2) is 20.2 Å². The third-order valence-corrected chi connectivity index (χ3v) is 2.05. The van der Waals surface area contributed by atoms with Gasteiger partial charge in [0.15, 0.2) is 0 Å². The molecule has 1 N–H and O–H groups in total. The fourth-order valence-corrected chi connectivity index (χ4v) is 1.27. The number of esters is 1. The maximum atomic E-state index is 11.3. The van der Waals surface area contributed by atoms with Crippen molar-refractivity contribution in [2.45, 2.75) is 6.92 Å². The number of hydrogen-bond acceptors (Lipinski definition) is 4. The van der Waals surface area contributed by atoms with Crippen LogP contribution in [0.15, 0.2) is 12.1 Å². The largest absolute Gasteiger partial charge is 0.496 e. The van der Waals surface area contributed by atoms with E-state index in [0.717, 1.165) is 5.56 Å². The van der Waals surface area contributed by atoms with Crippen LogP contribution in [0.3, 0.4) is 0 Å². The molecule has 0 atom stereocenters. The fourth-order valence-electron chi connectivity index (χ4n) is 1.27. The van der Waals surface area contributed by atoms with Crippen LogP contribution >= 0.6 is 0 Å². The molecule has 5 heteroatoms. The molecule has 1 rings (SSSR count). The summed E-state index contributed by atoms with van der Waals surface area (Å²) in [4.78, 5) is 21.9. The maximum absolute atomic E-state index is 11.3.